The van der Waals surface area contributed by atoms with Crippen molar-refractivity contribution >= 4 is 35.2 Å². The van der Waals surface area contributed by atoms with Crippen LogP contribution < -0.4 is 10.6 Å². The Morgan fingerprint density at radius 1 is 1.31 bits per heavy atom. The first-order valence-corrected chi connectivity index (χ1v) is 9.56. The Morgan fingerprint density at radius 3 is 2.69 bits per heavy atom. The van der Waals surface area contributed by atoms with Crippen LogP contribution in [-0.4, -0.2) is 51.5 Å². The Morgan fingerprint density at radius 2 is 2.04 bits per heavy atom. The summed E-state index contributed by atoms with van der Waals surface area (Å²) in [6, 6.07) is 8.62. The third kappa shape index (κ3) is 3.55. The summed E-state index contributed by atoms with van der Waals surface area (Å²) in [7, 11) is 0. The predicted molar refractivity (Wildman–Crippen MR) is 99.5 cm³/mol. The number of carbonyl (C=O) groups excluding carboxylic acids is 2. The second-order valence-corrected chi connectivity index (χ2v) is 7.29. The summed E-state index contributed by atoms with van der Waals surface area (Å²) in [5.74, 6) is -1.17. The minimum Gasteiger partial charge on any atom is -0.477 e. The Labute approximate surface area is 155 Å². The Balaban J connectivity index is 1.61. The standard InChI is InChI=1S/C18H21N3O4S/c1-2-6-11-10-26-17-14(16(23)21(17)15(11)18(24)25)20-13(22)9-19-12-7-4-3-5-8-12/h3-5,7-8,14,17,19H,2,6,9-10H2,1H3,(H,20,22)(H,24,25)/t14?,17-/m0/s1. The van der Waals surface area contributed by atoms with Crippen LogP contribution in [0.4, 0.5) is 5.69 Å². The molecule has 2 heterocycles. The minimum absolute atomic E-state index is 0.0495. The number of anilines is 1. The molecule has 8 heteroatoms. The maximum absolute atomic E-state index is 12.5. The van der Waals surface area contributed by atoms with E-state index in [-0.39, 0.29) is 29.4 Å². The number of fused-ring (bicyclic) bond motifs is 1. The molecule has 0 bridgehead atoms. The molecule has 2 aliphatic heterocycles. The maximum Gasteiger partial charge on any atom is 0.352 e. The number of hydrogen-bond donors (Lipinski definition) is 3. The van der Waals surface area contributed by atoms with Gasteiger partial charge < -0.3 is 15.7 Å². The van der Waals surface area contributed by atoms with Crippen LogP contribution >= 0.6 is 11.8 Å². The van der Waals surface area contributed by atoms with Crippen molar-refractivity contribution in [3.8, 4) is 0 Å². The number of β-lactam (4-membered cyclic amide) rings is 1. The highest BCUT2D eigenvalue weighted by atomic mass is 32.2. The van der Waals surface area contributed by atoms with Crippen molar-refractivity contribution in [1.29, 1.82) is 0 Å². The lowest BCUT2D eigenvalue weighted by molar-refractivity contribution is -0.150. The van der Waals surface area contributed by atoms with E-state index < -0.39 is 12.0 Å². The van der Waals surface area contributed by atoms with Crippen LogP contribution in [0.5, 0.6) is 0 Å². The van der Waals surface area contributed by atoms with Crippen LogP contribution in [0.15, 0.2) is 41.6 Å². The van der Waals surface area contributed by atoms with Gasteiger partial charge in [-0.3, -0.25) is 14.5 Å². The molecule has 0 aliphatic carbocycles. The fourth-order valence-electron chi connectivity index (χ4n) is 3.14. The Hall–Kier alpha value is -2.48. The van der Waals surface area contributed by atoms with Crippen molar-refractivity contribution in [2.75, 3.05) is 17.6 Å². The molecule has 1 aromatic rings. The summed E-state index contributed by atoms with van der Waals surface area (Å²) < 4.78 is 0. The van der Waals surface area contributed by atoms with E-state index in [4.69, 9.17) is 0 Å². The first-order valence-electron chi connectivity index (χ1n) is 8.51. The average Bonchev–Trinajstić information content (AvgIpc) is 2.65. The number of hydrogen-bond acceptors (Lipinski definition) is 5. The number of aliphatic carboxylic acids is 1. The summed E-state index contributed by atoms with van der Waals surface area (Å²) >= 11 is 1.50. The quantitative estimate of drug-likeness (QED) is 0.627. The van der Waals surface area contributed by atoms with E-state index in [0.717, 1.165) is 17.7 Å². The molecule has 1 unspecified atom stereocenters. The van der Waals surface area contributed by atoms with E-state index in [1.54, 1.807) is 0 Å². The normalized spacial score (nSPS) is 21.7. The summed E-state index contributed by atoms with van der Waals surface area (Å²) in [4.78, 5) is 37.5. The number of nitrogens with one attached hydrogen (secondary N) is 2. The Kier molecular flexibility index (Phi) is 5.51. The van der Waals surface area contributed by atoms with Gasteiger partial charge in [-0.15, -0.1) is 11.8 Å². The van der Waals surface area contributed by atoms with Gasteiger partial charge in [-0.2, -0.15) is 0 Å². The number of nitrogens with zero attached hydrogens (tertiary/aromatic N) is 1. The number of amides is 2. The number of carboxylic acids is 1. The number of para-hydroxylation sites is 1. The molecule has 2 amide bonds. The van der Waals surface area contributed by atoms with E-state index in [9.17, 15) is 19.5 Å². The zero-order valence-corrected chi connectivity index (χ0v) is 15.2. The molecule has 1 saturated heterocycles. The van der Waals surface area contributed by atoms with Crippen LogP contribution in [0.1, 0.15) is 19.8 Å². The predicted octanol–water partition coefficient (Wildman–Crippen LogP) is 1.64. The van der Waals surface area contributed by atoms with Gasteiger partial charge in [0.1, 0.15) is 17.1 Å². The highest BCUT2D eigenvalue weighted by molar-refractivity contribution is 8.00. The largest absolute Gasteiger partial charge is 0.477 e. The van der Waals surface area contributed by atoms with E-state index in [1.165, 1.54) is 16.7 Å². The van der Waals surface area contributed by atoms with E-state index in [2.05, 4.69) is 10.6 Å². The summed E-state index contributed by atoms with van der Waals surface area (Å²) in [5, 5.41) is 14.8. The molecule has 26 heavy (non-hydrogen) atoms. The lowest BCUT2D eigenvalue weighted by Crippen LogP contribution is -2.70. The molecule has 1 aromatic carbocycles. The number of benzene rings is 1. The molecule has 1 fully saturated rings. The summed E-state index contributed by atoms with van der Waals surface area (Å²) in [5.41, 5.74) is 1.69. The molecule has 2 aliphatic rings. The van der Waals surface area contributed by atoms with Crippen LogP contribution in [0.2, 0.25) is 0 Å². The molecule has 3 N–H and O–H groups in total. The van der Waals surface area contributed by atoms with Crippen molar-refractivity contribution in [1.82, 2.24) is 10.2 Å². The number of carbonyl (C=O) groups is 3. The topological polar surface area (TPSA) is 98.7 Å². The molecular formula is C18H21N3O4S. The van der Waals surface area contributed by atoms with Crippen LogP contribution in [-0.2, 0) is 14.4 Å². The SMILES string of the molecule is CCCC1=C(C(=O)O)N2C(=O)C(NC(=O)CNc3ccccc3)[C@@H]2SC1. The molecule has 2 atom stereocenters. The second-order valence-electron chi connectivity index (χ2n) is 6.18. The second kappa shape index (κ2) is 7.82. The van der Waals surface area contributed by atoms with Gasteiger partial charge in [0.05, 0.1) is 6.54 Å². The van der Waals surface area contributed by atoms with Gasteiger partial charge in [0.2, 0.25) is 5.91 Å². The molecule has 0 spiro atoms. The van der Waals surface area contributed by atoms with Gasteiger partial charge in [0, 0.05) is 11.4 Å². The lowest BCUT2D eigenvalue weighted by Gasteiger charge is -2.49. The highest BCUT2D eigenvalue weighted by Gasteiger charge is 2.53. The van der Waals surface area contributed by atoms with Crippen molar-refractivity contribution in [3.63, 3.8) is 0 Å². The number of rotatable bonds is 7. The molecule has 0 saturated carbocycles. The zero-order valence-electron chi connectivity index (χ0n) is 14.4. The molecular weight excluding hydrogens is 354 g/mol. The van der Waals surface area contributed by atoms with E-state index in [1.807, 2.05) is 37.3 Å². The van der Waals surface area contributed by atoms with Gasteiger partial charge in [0.25, 0.3) is 5.91 Å². The maximum atomic E-state index is 12.5. The zero-order chi connectivity index (χ0) is 18.7. The molecule has 0 aromatic heterocycles. The summed E-state index contributed by atoms with van der Waals surface area (Å²) in [6.07, 6.45) is 1.48. The monoisotopic (exact) mass is 375 g/mol. The first kappa shape index (κ1) is 18.3. The van der Waals surface area contributed by atoms with E-state index >= 15 is 0 Å². The van der Waals surface area contributed by atoms with Gasteiger partial charge in [-0.05, 0) is 24.1 Å². The minimum atomic E-state index is -1.08. The van der Waals surface area contributed by atoms with Gasteiger partial charge in [-0.1, -0.05) is 31.5 Å². The van der Waals surface area contributed by atoms with Gasteiger partial charge >= 0.3 is 5.97 Å². The Bertz CT molecular complexity index is 750. The lowest BCUT2D eigenvalue weighted by atomic mass is 10.0. The summed E-state index contributed by atoms with van der Waals surface area (Å²) in [6.45, 7) is 2.03. The fourth-order valence-corrected chi connectivity index (χ4v) is 4.53. The first-order chi connectivity index (χ1) is 12.5. The van der Waals surface area contributed by atoms with Crippen molar-refractivity contribution in [2.45, 2.75) is 31.2 Å². The van der Waals surface area contributed by atoms with Gasteiger partial charge in [0.15, 0.2) is 0 Å². The molecule has 138 valence electrons. The smallest absolute Gasteiger partial charge is 0.352 e. The molecule has 3 rings (SSSR count). The van der Waals surface area contributed by atoms with Crippen molar-refractivity contribution in [3.05, 3.63) is 41.6 Å². The number of carboxylic acid groups (broad SMARTS) is 1. The number of thioether (sulfide) groups is 1. The van der Waals surface area contributed by atoms with Crippen molar-refractivity contribution in [2.24, 2.45) is 0 Å². The highest BCUT2D eigenvalue weighted by Crippen LogP contribution is 2.41. The average molecular weight is 375 g/mol. The molecule has 0 radical (unpaired) electrons. The van der Waals surface area contributed by atoms with Crippen LogP contribution in [0, 0.1) is 0 Å². The van der Waals surface area contributed by atoms with Crippen LogP contribution in [0.25, 0.3) is 0 Å². The van der Waals surface area contributed by atoms with Crippen LogP contribution in [0.3, 0.4) is 0 Å². The fraction of sp³-hybridized carbons (Fsp3) is 0.389. The van der Waals surface area contributed by atoms with E-state index in [0.29, 0.717) is 12.2 Å². The van der Waals surface area contributed by atoms with Gasteiger partial charge in [-0.25, -0.2) is 4.79 Å². The third-order valence-electron chi connectivity index (χ3n) is 4.34. The molecule has 7 nitrogen and oxygen atoms in total. The third-order valence-corrected chi connectivity index (χ3v) is 5.68. The van der Waals surface area contributed by atoms with Crippen molar-refractivity contribution < 1.29 is 19.5 Å².